The molecule has 1 atom stereocenters. The summed E-state index contributed by atoms with van der Waals surface area (Å²) in [6.45, 7) is 0. The van der Waals surface area contributed by atoms with E-state index in [0.717, 1.165) is 71.5 Å². The highest BCUT2D eigenvalue weighted by atomic mass is 32.1. The minimum Gasteiger partial charge on any atom is -0.457 e. The Morgan fingerprint density at radius 2 is 1.11 bits per heavy atom. The number of esters is 1. The van der Waals surface area contributed by atoms with E-state index in [4.69, 9.17) is 13.9 Å². The van der Waals surface area contributed by atoms with E-state index in [1.165, 1.54) is 0 Å². The molecule has 4 aromatic heterocycles. The summed E-state index contributed by atoms with van der Waals surface area (Å²) in [5, 5.41) is 11.8. The van der Waals surface area contributed by atoms with E-state index in [0.29, 0.717) is 29.0 Å². The van der Waals surface area contributed by atoms with E-state index in [-0.39, 0.29) is 0 Å². The molecule has 10 aromatic rings. The summed E-state index contributed by atoms with van der Waals surface area (Å²) in [6.07, 6.45) is 1.89. The molecule has 61 heavy (non-hydrogen) atoms. The van der Waals surface area contributed by atoms with E-state index in [9.17, 15) is 4.79 Å². The maximum absolute atomic E-state index is 13.9. The summed E-state index contributed by atoms with van der Waals surface area (Å²) in [5.41, 5.74) is 11.6. The number of fused-ring (bicyclic) bond motifs is 9. The number of thiophene rings is 1. The molecule has 0 radical (unpaired) electrons. The SMILES string of the molecule is O=C1OC2(c3ccsc3-c3cc(-c4ccccc4)c4ccccc4[n+]32)[n+]2ccc(Oc3ccc(-c4ccc(-c5nnc(-c6ccc(-c7ccccc7)cc6)o5)cc4)cc3)cc21. The van der Waals surface area contributed by atoms with Gasteiger partial charge in [-0.25, -0.2) is 4.79 Å². The van der Waals surface area contributed by atoms with Gasteiger partial charge in [0.05, 0.1) is 11.5 Å². The Morgan fingerprint density at radius 3 is 1.79 bits per heavy atom. The summed E-state index contributed by atoms with van der Waals surface area (Å²) in [5.74, 6) is 0.452. The van der Waals surface area contributed by atoms with Gasteiger partial charge in [0.15, 0.2) is 11.8 Å². The maximum atomic E-state index is 13.9. The van der Waals surface area contributed by atoms with Gasteiger partial charge in [0.1, 0.15) is 16.4 Å². The monoisotopic (exact) mass is 808 g/mol. The lowest BCUT2D eigenvalue weighted by Gasteiger charge is -2.15. The predicted octanol–water partition coefficient (Wildman–Crippen LogP) is 11.3. The van der Waals surface area contributed by atoms with Crippen LogP contribution < -0.4 is 13.9 Å². The van der Waals surface area contributed by atoms with Crippen molar-refractivity contribution in [1.29, 1.82) is 0 Å². The highest BCUT2D eigenvalue weighted by Gasteiger charge is 2.71. The number of carbonyl (C=O) groups excluding carboxylic acids is 1. The van der Waals surface area contributed by atoms with Crippen LogP contribution in [0.5, 0.6) is 11.5 Å². The molecule has 9 heteroatoms. The summed E-state index contributed by atoms with van der Waals surface area (Å²) < 4.78 is 23.0. The molecule has 0 saturated carbocycles. The number of ether oxygens (including phenoxy) is 2. The van der Waals surface area contributed by atoms with Crippen LogP contribution >= 0.6 is 11.3 Å². The molecule has 12 rings (SSSR count). The summed E-state index contributed by atoms with van der Waals surface area (Å²) in [4.78, 5) is 15.0. The van der Waals surface area contributed by atoms with Crippen LogP contribution in [0.1, 0.15) is 16.1 Å². The lowest BCUT2D eigenvalue weighted by molar-refractivity contribution is -0.994. The molecule has 0 saturated heterocycles. The first-order chi connectivity index (χ1) is 30.1. The lowest BCUT2D eigenvalue weighted by Crippen LogP contribution is -2.71. The van der Waals surface area contributed by atoms with Gasteiger partial charge < -0.3 is 13.9 Å². The number of benzene rings is 6. The minimum atomic E-state index is -1.22. The quantitative estimate of drug-likeness (QED) is 0.118. The zero-order valence-corrected chi connectivity index (χ0v) is 33.1. The van der Waals surface area contributed by atoms with Crippen LogP contribution in [-0.4, -0.2) is 16.2 Å². The molecule has 6 aromatic carbocycles. The largest absolute Gasteiger partial charge is 0.559 e. The van der Waals surface area contributed by atoms with E-state index < -0.39 is 11.8 Å². The second-order valence-corrected chi connectivity index (χ2v) is 15.9. The van der Waals surface area contributed by atoms with Crippen LogP contribution in [0.2, 0.25) is 0 Å². The van der Waals surface area contributed by atoms with Gasteiger partial charge in [-0.05, 0) is 81.7 Å². The fourth-order valence-electron chi connectivity index (χ4n) is 8.62. The van der Waals surface area contributed by atoms with Crippen molar-refractivity contribution in [2.45, 2.75) is 5.85 Å². The summed E-state index contributed by atoms with van der Waals surface area (Å²) >= 11 is 1.65. The summed E-state index contributed by atoms with van der Waals surface area (Å²) in [6, 6.07) is 60.9. The summed E-state index contributed by atoms with van der Waals surface area (Å²) in [7, 11) is 0. The predicted molar refractivity (Wildman–Crippen MR) is 234 cm³/mol. The van der Waals surface area contributed by atoms with Crippen molar-refractivity contribution >= 4 is 28.2 Å². The van der Waals surface area contributed by atoms with Gasteiger partial charge in [0.2, 0.25) is 23.0 Å². The average molecular weight is 809 g/mol. The highest BCUT2D eigenvalue weighted by Crippen LogP contribution is 2.46. The van der Waals surface area contributed by atoms with Crippen molar-refractivity contribution in [3.8, 4) is 78.4 Å². The first-order valence-electron chi connectivity index (χ1n) is 19.9. The highest BCUT2D eigenvalue weighted by molar-refractivity contribution is 7.13. The van der Waals surface area contributed by atoms with E-state index in [1.54, 1.807) is 17.4 Å². The molecule has 0 fully saturated rings. The van der Waals surface area contributed by atoms with Crippen molar-refractivity contribution in [3.05, 3.63) is 205 Å². The van der Waals surface area contributed by atoms with Crippen molar-refractivity contribution in [3.63, 3.8) is 0 Å². The molecule has 0 bridgehead atoms. The van der Waals surface area contributed by atoms with Crippen molar-refractivity contribution < 1.29 is 27.8 Å². The second kappa shape index (κ2) is 13.8. The van der Waals surface area contributed by atoms with Gasteiger partial charge in [-0.2, -0.15) is 0 Å². The Morgan fingerprint density at radius 1 is 0.541 bits per heavy atom. The maximum Gasteiger partial charge on any atom is 0.559 e. The van der Waals surface area contributed by atoms with Crippen LogP contribution in [0.15, 0.2) is 198 Å². The first-order valence-corrected chi connectivity index (χ1v) is 20.8. The lowest BCUT2D eigenvalue weighted by atomic mass is 10.00. The molecule has 1 unspecified atom stereocenters. The Labute approximate surface area is 353 Å². The standard InChI is InChI=1S/C52H32N4O4S/c57-51-47-31-41(27-29-55(47)52(60-51)44-28-30-61-48(44)46-32-43(37-11-5-2-6-12-37)42-13-7-8-14-45(42)56(46)52)58-40-25-23-36(24-26-40)35-17-21-39(22-18-35)50-54-53-49(59-50)38-19-15-34(16-20-38)33-9-3-1-4-10-33/h1-32H/q+2. The fourth-order valence-corrected chi connectivity index (χ4v) is 9.56. The second-order valence-electron chi connectivity index (χ2n) is 15.0. The molecule has 0 N–H and O–H groups in total. The number of rotatable bonds is 7. The molecule has 1 spiro atoms. The Kier molecular flexibility index (Phi) is 7.91. The Hall–Kier alpha value is -8.01. The molecule has 6 heterocycles. The molecule has 2 aliphatic heterocycles. The van der Waals surface area contributed by atoms with Gasteiger partial charge >= 0.3 is 17.5 Å². The first kappa shape index (κ1) is 35.0. The number of hydrogen-bond acceptors (Lipinski definition) is 7. The van der Waals surface area contributed by atoms with Gasteiger partial charge in [0, 0.05) is 34.9 Å². The smallest absolute Gasteiger partial charge is 0.457 e. The molecule has 2 aliphatic rings. The van der Waals surface area contributed by atoms with Crippen molar-refractivity contribution in [2.24, 2.45) is 0 Å². The molecule has 288 valence electrons. The zero-order valence-electron chi connectivity index (χ0n) is 32.3. The van der Waals surface area contributed by atoms with Crippen molar-refractivity contribution in [1.82, 2.24) is 10.2 Å². The minimum absolute atomic E-state index is 0.400. The topological polar surface area (TPSA) is 82.2 Å². The number of pyridine rings is 2. The Bertz CT molecular complexity index is 3310. The number of aromatic nitrogens is 4. The van der Waals surface area contributed by atoms with Crippen molar-refractivity contribution in [2.75, 3.05) is 0 Å². The van der Waals surface area contributed by atoms with Crippen LogP contribution in [0, 0.1) is 0 Å². The number of nitrogens with zero attached hydrogens (tertiary/aromatic N) is 4. The molecule has 0 aliphatic carbocycles. The van der Waals surface area contributed by atoms with Gasteiger partial charge in [-0.15, -0.1) is 21.5 Å². The van der Waals surface area contributed by atoms with Gasteiger partial charge in [-0.3, -0.25) is 0 Å². The third-order valence-electron chi connectivity index (χ3n) is 11.5. The number of hydrogen-bond donors (Lipinski definition) is 0. The van der Waals surface area contributed by atoms with Crippen LogP contribution in [0.4, 0.5) is 0 Å². The third kappa shape index (κ3) is 5.62. The van der Waals surface area contributed by atoms with E-state index in [2.05, 4.69) is 92.9 Å². The Balaban J connectivity index is 0.795. The zero-order chi connectivity index (χ0) is 40.5. The number of para-hydroxylation sites is 1. The molecular formula is C52H32N4O4S+2. The average Bonchev–Trinajstić information content (AvgIpc) is 4.12. The normalized spacial score (nSPS) is 14.8. The van der Waals surface area contributed by atoms with Crippen LogP contribution in [-0.2, 0) is 10.6 Å². The van der Waals surface area contributed by atoms with Gasteiger partial charge in [0.25, 0.3) is 0 Å². The van der Waals surface area contributed by atoms with Gasteiger partial charge in [-0.1, -0.05) is 118 Å². The molecular weight excluding hydrogens is 777 g/mol. The molecule has 0 amide bonds. The van der Waals surface area contributed by atoms with Crippen LogP contribution in [0.25, 0.3) is 77.8 Å². The number of carbonyl (C=O) groups is 1. The molecule has 8 nitrogen and oxygen atoms in total. The fraction of sp³-hybridized carbons (Fsp3) is 0.0192. The third-order valence-corrected chi connectivity index (χ3v) is 12.4. The van der Waals surface area contributed by atoms with E-state index in [1.807, 2.05) is 114 Å². The van der Waals surface area contributed by atoms with E-state index >= 15 is 0 Å². The van der Waals surface area contributed by atoms with Crippen LogP contribution in [0.3, 0.4) is 0 Å².